The summed E-state index contributed by atoms with van der Waals surface area (Å²) in [7, 11) is 0. The van der Waals surface area contributed by atoms with Crippen LogP contribution >= 0.6 is 46.4 Å². The van der Waals surface area contributed by atoms with Crippen LogP contribution in [0.4, 0.5) is 0 Å². The lowest BCUT2D eigenvalue weighted by Crippen LogP contribution is -2.10. The van der Waals surface area contributed by atoms with E-state index in [4.69, 9.17) is 50.8 Å². The Hall–Kier alpha value is -2.45. The van der Waals surface area contributed by atoms with Gasteiger partial charge in [0.1, 0.15) is 10.7 Å². The van der Waals surface area contributed by atoms with Gasteiger partial charge in [-0.3, -0.25) is 0 Å². The van der Waals surface area contributed by atoms with Crippen LogP contribution in [0.1, 0.15) is 0 Å². The fourth-order valence-corrected chi connectivity index (χ4v) is 3.56. The molecule has 0 spiro atoms. The number of halogens is 4. The molecule has 4 aromatic rings. The molecule has 28 heavy (non-hydrogen) atoms. The van der Waals surface area contributed by atoms with E-state index in [0.29, 0.717) is 16.6 Å². The van der Waals surface area contributed by atoms with Crippen molar-refractivity contribution in [2.24, 2.45) is 0 Å². The molecule has 0 amide bonds. The summed E-state index contributed by atoms with van der Waals surface area (Å²) in [6.07, 6.45) is 1.46. The van der Waals surface area contributed by atoms with Gasteiger partial charge in [0.05, 0.1) is 21.3 Å². The van der Waals surface area contributed by atoms with Gasteiger partial charge in [0.15, 0.2) is 22.8 Å². The van der Waals surface area contributed by atoms with Crippen LogP contribution in [-0.4, -0.2) is 25.2 Å². The lowest BCUT2D eigenvalue weighted by atomic mass is 10.1. The van der Waals surface area contributed by atoms with Crippen molar-refractivity contribution in [1.29, 1.82) is 0 Å². The average Bonchev–Trinajstić information content (AvgIpc) is 3.14. The number of phenolic OH excluding ortho intramolecular Hbond substituents is 2. The van der Waals surface area contributed by atoms with Gasteiger partial charge in [-0.2, -0.15) is 0 Å². The first-order valence-electron chi connectivity index (χ1n) is 7.52. The van der Waals surface area contributed by atoms with Crippen molar-refractivity contribution in [2.75, 3.05) is 0 Å². The molecule has 0 fully saturated rings. The van der Waals surface area contributed by atoms with Gasteiger partial charge in [-0.1, -0.05) is 51.6 Å². The fourth-order valence-electron chi connectivity index (χ4n) is 2.56. The van der Waals surface area contributed by atoms with E-state index < -0.39 is 5.63 Å². The van der Waals surface area contributed by atoms with Crippen molar-refractivity contribution in [3.63, 3.8) is 0 Å². The first-order chi connectivity index (χ1) is 13.3. The van der Waals surface area contributed by atoms with Crippen LogP contribution in [0.15, 0.2) is 39.7 Å². The average molecular weight is 459 g/mol. The topological polar surface area (TPSA) is 101 Å². The second-order valence-corrected chi connectivity index (χ2v) is 7.29. The minimum absolute atomic E-state index is 0.00459. The van der Waals surface area contributed by atoms with Gasteiger partial charge in [-0.05, 0) is 24.3 Å². The summed E-state index contributed by atoms with van der Waals surface area (Å²) in [5.41, 5.74) is 0.120. The van der Waals surface area contributed by atoms with Crippen LogP contribution in [0, 0.1) is 0 Å². The third kappa shape index (κ3) is 3.06. The summed E-state index contributed by atoms with van der Waals surface area (Å²) in [6.45, 7) is 0. The van der Waals surface area contributed by atoms with Crippen LogP contribution in [0.5, 0.6) is 11.5 Å². The van der Waals surface area contributed by atoms with Crippen molar-refractivity contribution in [1.82, 2.24) is 15.0 Å². The third-order valence-electron chi connectivity index (χ3n) is 3.93. The molecule has 0 radical (unpaired) electrons. The quantitative estimate of drug-likeness (QED) is 0.407. The Kier molecular flexibility index (Phi) is 4.63. The molecule has 142 valence electrons. The lowest BCUT2D eigenvalue weighted by molar-refractivity contribution is 0.473. The second-order valence-electron chi connectivity index (χ2n) is 5.70. The molecular formula is C17H7Cl4N3O4. The summed E-state index contributed by atoms with van der Waals surface area (Å²) in [4.78, 5) is 12.4. The highest BCUT2D eigenvalue weighted by molar-refractivity contribution is 6.40. The predicted octanol–water partition coefficient (Wildman–Crippen LogP) is 5.07. The van der Waals surface area contributed by atoms with Crippen molar-refractivity contribution in [3.05, 3.63) is 61.0 Å². The summed E-state index contributed by atoms with van der Waals surface area (Å²) in [5.74, 6) is -0.623. The third-order valence-corrected chi connectivity index (χ3v) is 5.14. The largest absolute Gasteiger partial charge is 0.505 e. The number of nitrogens with zero attached hydrogens (tertiary/aromatic N) is 3. The molecule has 2 aromatic heterocycles. The zero-order chi connectivity index (χ0) is 20.2. The standard InChI is InChI=1S/C17H7Cl4N3O4/c18-8-1-6(2-9(19)14(8)25)11-5-24(23-22-11)12-4-7-3-10(20)15(26)13(21)16(7)28-17(12)27/h1-5,25-26H. The van der Waals surface area contributed by atoms with Crippen molar-refractivity contribution in [3.8, 4) is 28.4 Å². The Labute approximate surface area is 176 Å². The van der Waals surface area contributed by atoms with E-state index in [-0.39, 0.29) is 42.9 Å². The van der Waals surface area contributed by atoms with E-state index in [1.807, 2.05) is 0 Å². The lowest BCUT2D eigenvalue weighted by Gasteiger charge is -2.06. The van der Waals surface area contributed by atoms with Gasteiger partial charge in [0.2, 0.25) is 0 Å². The number of aromatic nitrogens is 3. The number of phenols is 2. The number of rotatable bonds is 2. The SMILES string of the molecule is O=c1oc2c(Cl)c(O)c(Cl)cc2cc1-n1cc(-c2cc(Cl)c(O)c(Cl)c2)nn1. The van der Waals surface area contributed by atoms with E-state index in [1.165, 1.54) is 35.1 Å². The zero-order valence-electron chi connectivity index (χ0n) is 13.5. The molecule has 0 saturated heterocycles. The summed E-state index contributed by atoms with van der Waals surface area (Å²) >= 11 is 23.8. The Morgan fingerprint density at radius 1 is 0.929 bits per heavy atom. The smallest absolute Gasteiger partial charge is 0.362 e. The van der Waals surface area contributed by atoms with Gasteiger partial charge in [0, 0.05) is 10.9 Å². The number of benzene rings is 2. The van der Waals surface area contributed by atoms with Crippen LogP contribution in [-0.2, 0) is 0 Å². The Morgan fingerprint density at radius 3 is 2.25 bits per heavy atom. The van der Waals surface area contributed by atoms with Crippen molar-refractivity contribution < 1.29 is 14.6 Å². The molecule has 0 aliphatic rings. The molecule has 0 unspecified atom stereocenters. The first-order valence-corrected chi connectivity index (χ1v) is 9.03. The van der Waals surface area contributed by atoms with Gasteiger partial charge >= 0.3 is 5.63 Å². The molecular weight excluding hydrogens is 452 g/mol. The molecule has 0 aliphatic carbocycles. The fraction of sp³-hybridized carbons (Fsp3) is 0. The maximum Gasteiger partial charge on any atom is 0.362 e. The number of hydrogen-bond donors (Lipinski definition) is 2. The molecule has 4 rings (SSSR count). The van der Waals surface area contributed by atoms with Crippen LogP contribution in [0.3, 0.4) is 0 Å². The highest BCUT2D eigenvalue weighted by atomic mass is 35.5. The Morgan fingerprint density at radius 2 is 1.57 bits per heavy atom. The minimum Gasteiger partial charge on any atom is -0.505 e. The van der Waals surface area contributed by atoms with E-state index in [0.717, 1.165) is 0 Å². The van der Waals surface area contributed by atoms with Crippen LogP contribution < -0.4 is 5.63 Å². The molecule has 2 aromatic carbocycles. The number of hydrogen-bond acceptors (Lipinski definition) is 6. The molecule has 7 nitrogen and oxygen atoms in total. The maximum atomic E-state index is 12.4. The molecule has 0 bridgehead atoms. The monoisotopic (exact) mass is 457 g/mol. The second kappa shape index (κ2) is 6.86. The van der Waals surface area contributed by atoms with Crippen LogP contribution in [0.2, 0.25) is 20.1 Å². The molecule has 0 atom stereocenters. The zero-order valence-corrected chi connectivity index (χ0v) is 16.5. The number of aromatic hydroxyl groups is 2. The Bertz CT molecular complexity index is 1290. The summed E-state index contributed by atoms with van der Waals surface area (Å²) in [5, 5.41) is 27.7. The summed E-state index contributed by atoms with van der Waals surface area (Å²) in [6, 6.07) is 5.78. The molecule has 11 heteroatoms. The van der Waals surface area contributed by atoms with E-state index >= 15 is 0 Å². The van der Waals surface area contributed by atoms with Gasteiger partial charge in [-0.15, -0.1) is 5.10 Å². The molecule has 0 saturated carbocycles. The van der Waals surface area contributed by atoms with Gasteiger partial charge in [0.25, 0.3) is 0 Å². The van der Waals surface area contributed by atoms with Crippen LogP contribution in [0.25, 0.3) is 27.9 Å². The Balaban J connectivity index is 1.85. The van der Waals surface area contributed by atoms with Crippen molar-refractivity contribution >= 4 is 57.4 Å². The normalized spacial score (nSPS) is 11.3. The highest BCUT2D eigenvalue weighted by Gasteiger charge is 2.17. The maximum absolute atomic E-state index is 12.4. The molecule has 2 N–H and O–H groups in total. The van der Waals surface area contributed by atoms with Crippen molar-refractivity contribution in [2.45, 2.75) is 0 Å². The molecule has 0 aliphatic heterocycles. The van der Waals surface area contributed by atoms with E-state index in [1.54, 1.807) is 0 Å². The minimum atomic E-state index is -0.755. The molecule has 2 heterocycles. The van der Waals surface area contributed by atoms with E-state index in [9.17, 15) is 15.0 Å². The van der Waals surface area contributed by atoms with Gasteiger partial charge < -0.3 is 14.6 Å². The number of fused-ring (bicyclic) bond motifs is 1. The van der Waals surface area contributed by atoms with E-state index in [2.05, 4.69) is 10.3 Å². The summed E-state index contributed by atoms with van der Waals surface area (Å²) < 4.78 is 6.41. The highest BCUT2D eigenvalue weighted by Crippen LogP contribution is 2.38. The first kappa shape index (κ1) is 18.9. The predicted molar refractivity (Wildman–Crippen MR) is 106 cm³/mol. The van der Waals surface area contributed by atoms with Gasteiger partial charge in [-0.25, -0.2) is 9.48 Å².